The molecule has 0 atom stereocenters. The van der Waals surface area contributed by atoms with Crippen LogP contribution in [0.3, 0.4) is 0 Å². The Kier molecular flexibility index (Phi) is 11.9. The number of guanidine groups is 1. The number of rotatable bonds is 8. The smallest absolute Gasteiger partial charge is 0.191 e. The van der Waals surface area contributed by atoms with Gasteiger partial charge in [0.2, 0.25) is 0 Å². The Bertz CT molecular complexity index is 498. The molecule has 1 aliphatic heterocycles. The SMILES string of the molecule is CN=C(NCCCCCN1CCCCC1)NCc1ccccc1C.I. The zero-order valence-electron chi connectivity index (χ0n) is 15.9. The molecular weight excluding hydrogens is 423 g/mol. The number of unbranched alkanes of at least 4 members (excludes halogenated alkanes) is 2. The summed E-state index contributed by atoms with van der Waals surface area (Å²) in [5.74, 6) is 0.897. The maximum Gasteiger partial charge on any atom is 0.191 e. The van der Waals surface area contributed by atoms with Gasteiger partial charge in [0.25, 0.3) is 0 Å². The first-order valence-electron chi connectivity index (χ1n) is 9.51. The molecule has 2 N–H and O–H groups in total. The fraction of sp³-hybridized carbons (Fsp3) is 0.650. The minimum Gasteiger partial charge on any atom is -0.356 e. The Balaban J connectivity index is 0.00000312. The molecule has 1 heterocycles. The number of aryl methyl sites for hydroxylation is 1. The second-order valence-electron chi connectivity index (χ2n) is 6.74. The summed E-state index contributed by atoms with van der Waals surface area (Å²) in [7, 11) is 1.84. The fourth-order valence-electron chi connectivity index (χ4n) is 3.23. The van der Waals surface area contributed by atoms with Crippen LogP contribution in [-0.2, 0) is 6.54 Å². The number of nitrogens with zero attached hydrogens (tertiary/aromatic N) is 2. The van der Waals surface area contributed by atoms with Gasteiger partial charge in [-0.3, -0.25) is 4.99 Å². The minimum absolute atomic E-state index is 0. The van der Waals surface area contributed by atoms with Gasteiger partial charge in [0.1, 0.15) is 0 Å². The van der Waals surface area contributed by atoms with E-state index in [0.717, 1.165) is 19.0 Å². The minimum atomic E-state index is 0. The monoisotopic (exact) mass is 458 g/mol. The topological polar surface area (TPSA) is 39.7 Å². The van der Waals surface area contributed by atoms with E-state index < -0.39 is 0 Å². The quantitative estimate of drug-likeness (QED) is 0.268. The summed E-state index contributed by atoms with van der Waals surface area (Å²) in [6.45, 7) is 7.87. The van der Waals surface area contributed by atoms with Gasteiger partial charge in [-0.15, -0.1) is 24.0 Å². The van der Waals surface area contributed by atoms with Crippen molar-refractivity contribution in [2.24, 2.45) is 4.99 Å². The maximum absolute atomic E-state index is 4.31. The van der Waals surface area contributed by atoms with Crippen LogP contribution in [0.25, 0.3) is 0 Å². The molecule has 1 aromatic rings. The van der Waals surface area contributed by atoms with Gasteiger partial charge in [-0.1, -0.05) is 37.1 Å². The van der Waals surface area contributed by atoms with Crippen molar-refractivity contribution in [2.45, 2.75) is 52.0 Å². The van der Waals surface area contributed by atoms with Crippen molar-refractivity contribution in [3.05, 3.63) is 35.4 Å². The Morgan fingerprint density at radius 2 is 1.80 bits per heavy atom. The molecule has 0 radical (unpaired) electrons. The van der Waals surface area contributed by atoms with Gasteiger partial charge in [-0.05, 0) is 63.4 Å². The van der Waals surface area contributed by atoms with Crippen LogP contribution >= 0.6 is 24.0 Å². The highest BCUT2D eigenvalue weighted by atomic mass is 127. The number of likely N-dealkylation sites (tertiary alicyclic amines) is 1. The highest BCUT2D eigenvalue weighted by Crippen LogP contribution is 2.09. The van der Waals surface area contributed by atoms with Gasteiger partial charge in [0.05, 0.1) is 0 Å². The molecule has 0 saturated carbocycles. The zero-order chi connectivity index (χ0) is 17.0. The molecule has 0 unspecified atom stereocenters. The molecule has 0 amide bonds. The molecule has 0 aliphatic carbocycles. The van der Waals surface area contributed by atoms with Crippen LogP contribution in [0.1, 0.15) is 49.7 Å². The number of hydrogen-bond donors (Lipinski definition) is 2. The van der Waals surface area contributed by atoms with Crippen molar-refractivity contribution in [1.29, 1.82) is 0 Å². The lowest BCUT2D eigenvalue weighted by Gasteiger charge is -2.26. The van der Waals surface area contributed by atoms with Crippen LogP contribution in [0.2, 0.25) is 0 Å². The van der Waals surface area contributed by atoms with E-state index in [2.05, 4.69) is 51.7 Å². The summed E-state index contributed by atoms with van der Waals surface area (Å²) < 4.78 is 0. The zero-order valence-corrected chi connectivity index (χ0v) is 18.2. The molecule has 0 spiro atoms. The Morgan fingerprint density at radius 1 is 1.04 bits per heavy atom. The highest BCUT2D eigenvalue weighted by Gasteiger charge is 2.08. The molecule has 0 aromatic heterocycles. The van der Waals surface area contributed by atoms with Gasteiger partial charge < -0.3 is 15.5 Å². The van der Waals surface area contributed by atoms with Crippen LogP contribution in [0.4, 0.5) is 0 Å². The number of hydrogen-bond acceptors (Lipinski definition) is 2. The summed E-state index contributed by atoms with van der Waals surface area (Å²) in [5.41, 5.74) is 2.64. The van der Waals surface area contributed by atoms with Crippen molar-refractivity contribution in [1.82, 2.24) is 15.5 Å². The van der Waals surface area contributed by atoms with Gasteiger partial charge in [-0.2, -0.15) is 0 Å². The number of benzene rings is 1. The summed E-state index contributed by atoms with van der Waals surface area (Å²) >= 11 is 0. The molecule has 25 heavy (non-hydrogen) atoms. The summed E-state index contributed by atoms with van der Waals surface area (Å²) in [5, 5.41) is 6.82. The largest absolute Gasteiger partial charge is 0.356 e. The first-order chi connectivity index (χ1) is 11.8. The lowest BCUT2D eigenvalue weighted by Crippen LogP contribution is -2.37. The molecule has 1 aromatic carbocycles. The average Bonchev–Trinajstić information content (AvgIpc) is 2.62. The van der Waals surface area contributed by atoms with Gasteiger partial charge in [0, 0.05) is 20.1 Å². The normalized spacial score (nSPS) is 15.5. The summed E-state index contributed by atoms with van der Waals surface area (Å²) in [6, 6.07) is 8.48. The van der Waals surface area contributed by atoms with Crippen LogP contribution < -0.4 is 10.6 Å². The van der Waals surface area contributed by atoms with Crippen LogP contribution in [0.15, 0.2) is 29.3 Å². The number of nitrogens with one attached hydrogen (secondary N) is 2. The molecule has 1 saturated heterocycles. The summed E-state index contributed by atoms with van der Waals surface area (Å²) in [4.78, 5) is 6.93. The molecule has 1 aliphatic rings. The third-order valence-electron chi connectivity index (χ3n) is 4.82. The second-order valence-corrected chi connectivity index (χ2v) is 6.74. The molecule has 5 heteroatoms. The van der Waals surface area contributed by atoms with Crippen molar-refractivity contribution < 1.29 is 0 Å². The molecular formula is C20H35IN4. The van der Waals surface area contributed by atoms with Gasteiger partial charge >= 0.3 is 0 Å². The van der Waals surface area contributed by atoms with Gasteiger partial charge in [-0.25, -0.2) is 0 Å². The predicted molar refractivity (Wildman–Crippen MR) is 119 cm³/mol. The van der Waals surface area contributed by atoms with E-state index in [1.165, 1.54) is 69.3 Å². The average molecular weight is 458 g/mol. The maximum atomic E-state index is 4.31. The van der Waals surface area contributed by atoms with Crippen molar-refractivity contribution in [2.75, 3.05) is 33.2 Å². The van der Waals surface area contributed by atoms with E-state index in [1.54, 1.807) is 0 Å². The number of piperidine rings is 1. The predicted octanol–water partition coefficient (Wildman–Crippen LogP) is 3.93. The fourth-order valence-corrected chi connectivity index (χ4v) is 3.23. The van der Waals surface area contributed by atoms with Crippen LogP contribution in [-0.4, -0.2) is 44.1 Å². The van der Waals surface area contributed by atoms with Gasteiger partial charge in [0.15, 0.2) is 5.96 Å². The molecule has 4 nitrogen and oxygen atoms in total. The first kappa shape index (κ1) is 22.2. The van der Waals surface area contributed by atoms with Crippen molar-refractivity contribution in [3.8, 4) is 0 Å². The highest BCUT2D eigenvalue weighted by molar-refractivity contribution is 14.0. The van der Waals surface area contributed by atoms with Crippen molar-refractivity contribution >= 4 is 29.9 Å². The van der Waals surface area contributed by atoms with Crippen LogP contribution in [0, 0.1) is 6.92 Å². The first-order valence-corrected chi connectivity index (χ1v) is 9.51. The number of halogens is 1. The van der Waals surface area contributed by atoms with E-state index in [9.17, 15) is 0 Å². The second kappa shape index (κ2) is 13.4. The Labute approximate surface area is 170 Å². The van der Waals surface area contributed by atoms with E-state index >= 15 is 0 Å². The molecule has 0 bridgehead atoms. The third kappa shape index (κ3) is 8.90. The molecule has 2 rings (SSSR count). The lowest BCUT2D eigenvalue weighted by molar-refractivity contribution is 0.224. The van der Waals surface area contributed by atoms with E-state index in [1.807, 2.05) is 7.05 Å². The molecule has 1 fully saturated rings. The van der Waals surface area contributed by atoms with E-state index in [0.29, 0.717) is 0 Å². The van der Waals surface area contributed by atoms with Crippen LogP contribution in [0.5, 0.6) is 0 Å². The third-order valence-corrected chi connectivity index (χ3v) is 4.82. The molecule has 142 valence electrons. The number of aliphatic imine (C=N–C) groups is 1. The van der Waals surface area contributed by atoms with Crippen molar-refractivity contribution in [3.63, 3.8) is 0 Å². The lowest BCUT2D eigenvalue weighted by atomic mass is 10.1. The Hall–Kier alpha value is -0.820. The summed E-state index contributed by atoms with van der Waals surface area (Å²) in [6.07, 6.45) is 8.03. The van der Waals surface area contributed by atoms with E-state index in [-0.39, 0.29) is 24.0 Å². The Morgan fingerprint density at radius 3 is 2.52 bits per heavy atom. The standard InChI is InChI=1S/C20H34N4.HI/c1-18-11-5-6-12-19(18)17-23-20(21-2)22-13-7-3-8-14-24-15-9-4-10-16-24;/h5-6,11-12H,3-4,7-10,13-17H2,1-2H3,(H2,21,22,23);1H. The van der Waals surface area contributed by atoms with E-state index in [4.69, 9.17) is 0 Å².